The quantitative estimate of drug-likeness (QED) is 0.361. The molecule has 0 unspecified atom stereocenters. The second kappa shape index (κ2) is 3.60. The third-order valence-corrected chi connectivity index (χ3v) is 1.52. The summed E-state index contributed by atoms with van der Waals surface area (Å²) in [6.45, 7) is 5.61. The van der Waals surface area contributed by atoms with Crippen LogP contribution in [0.25, 0.3) is 16.1 Å². The summed E-state index contributed by atoms with van der Waals surface area (Å²) in [5.41, 5.74) is 10.6. The molecule has 3 heteroatoms. The van der Waals surface area contributed by atoms with Crippen LogP contribution in [0.3, 0.4) is 0 Å². The normalized spacial score (nSPS) is 8.75. The monoisotopic (exact) mass is 159 g/mol. The highest BCUT2D eigenvalue weighted by Crippen LogP contribution is 2.14. The molecule has 0 radical (unpaired) electrons. The molecule has 0 atom stereocenters. The number of hydrogen-bond acceptors (Lipinski definition) is 1. The van der Waals surface area contributed by atoms with Crippen molar-refractivity contribution in [3.05, 3.63) is 52.4 Å². The number of rotatable bonds is 2. The van der Waals surface area contributed by atoms with Crippen molar-refractivity contribution in [2.24, 2.45) is 5.11 Å². The summed E-state index contributed by atoms with van der Waals surface area (Å²) in [4.78, 5) is 2.67. The maximum atomic E-state index is 8.16. The standard InChI is InChI=1S/C9H9N3/c1-7-4-3-5-9(6-7)8(2)11-12-10/h3-6H,2H2,1H3. The first kappa shape index (κ1) is 8.37. The lowest BCUT2D eigenvalue weighted by Gasteiger charge is -1.98. The highest BCUT2D eigenvalue weighted by molar-refractivity contribution is 5.62. The van der Waals surface area contributed by atoms with E-state index in [-0.39, 0.29) is 0 Å². The molecule has 0 aromatic heterocycles. The summed E-state index contributed by atoms with van der Waals surface area (Å²) >= 11 is 0. The van der Waals surface area contributed by atoms with Crippen LogP contribution in [0.5, 0.6) is 0 Å². The van der Waals surface area contributed by atoms with E-state index in [4.69, 9.17) is 5.53 Å². The zero-order valence-corrected chi connectivity index (χ0v) is 6.86. The van der Waals surface area contributed by atoms with E-state index in [1.54, 1.807) is 0 Å². The van der Waals surface area contributed by atoms with Gasteiger partial charge < -0.3 is 0 Å². The fourth-order valence-corrected chi connectivity index (χ4v) is 0.936. The van der Waals surface area contributed by atoms with Crippen LogP contribution >= 0.6 is 0 Å². The molecule has 0 spiro atoms. The van der Waals surface area contributed by atoms with Crippen molar-refractivity contribution in [1.29, 1.82) is 0 Å². The van der Waals surface area contributed by atoms with Crippen molar-refractivity contribution in [3.63, 3.8) is 0 Å². The van der Waals surface area contributed by atoms with E-state index in [9.17, 15) is 0 Å². The van der Waals surface area contributed by atoms with Gasteiger partial charge in [-0.3, -0.25) is 0 Å². The Labute approximate surface area is 71.0 Å². The molecule has 0 bridgehead atoms. The van der Waals surface area contributed by atoms with Crippen molar-refractivity contribution in [2.45, 2.75) is 6.92 Å². The zero-order chi connectivity index (χ0) is 8.97. The Kier molecular flexibility index (Phi) is 2.51. The Balaban J connectivity index is 3.03. The Hall–Kier alpha value is -1.73. The number of nitrogens with zero attached hydrogens (tertiary/aromatic N) is 3. The summed E-state index contributed by atoms with van der Waals surface area (Å²) < 4.78 is 0. The first-order chi connectivity index (χ1) is 5.74. The largest absolute Gasteiger partial charge is 0.0889 e. The molecule has 0 fully saturated rings. The highest BCUT2D eigenvalue weighted by Gasteiger charge is 1.94. The van der Waals surface area contributed by atoms with Crippen LogP contribution in [-0.2, 0) is 0 Å². The maximum Gasteiger partial charge on any atom is 0.0376 e. The van der Waals surface area contributed by atoms with E-state index in [0.717, 1.165) is 11.1 Å². The fourth-order valence-electron chi connectivity index (χ4n) is 0.936. The van der Waals surface area contributed by atoms with E-state index >= 15 is 0 Å². The molecule has 1 rings (SSSR count). The van der Waals surface area contributed by atoms with E-state index in [2.05, 4.69) is 16.6 Å². The molecule has 0 N–H and O–H groups in total. The van der Waals surface area contributed by atoms with E-state index in [1.165, 1.54) is 0 Å². The minimum Gasteiger partial charge on any atom is -0.0889 e. The molecule has 0 saturated heterocycles. The average Bonchev–Trinajstić information content (AvgIpc) is 2.05. The van der Waals surface area contributed by atoms with Crippen LogP contribution in [0.15, 0.2) is 36.0 Å². The van der Waals surface area contributed by atoms with Gasteiger partial charge in [0, 0.05) is 10.6 Å². The van der Waals surface area contributed by atoms with Gasteiger partial charge in [-0.2, -0.15) is 0 Å². The zero-order valence-electron chi connectivity index (χ0n) is 6.86. The number of hydrogen-bond donors (Lipinski definition) is 0. The smallest absolute Gasteiger partial charge is 0.0376 e. The van der Waals surface area contributed by atoms with Crippen molar-refractivity contribution in [3.8, 4) is 0 Å². The van der Waals surface area contributed by atoms with Crippen LogP contribution < -0.4 is 0 Å². The molecule has 0 saturated carbocycles. The van der Waals surface area contributed by atoms with Gasteiger partial charge in [0.25, 0.3) is 0 Å². The van der Waals surface area contributed by atoms with E-state index in [1.807, 2.05) is 31.2 Å². The highest BCUT2D eigenvalue weighted by atomic mass is 15.1. The Morgan fingerprint density at radius 3 is 2.92 bits per heavy atom. The lowest BCUT2D eigenvalue weighted by molar-refractivity contribution is 1.41. The van der Waals surface area contributed by atoms with Gasteiger partial charge in [0.05, 0.1) is 0 Å². The SMILES string of the molecule is C=C(N=[N+]=[N-])c1cccc(C)c1. The van der Waals surface area contributed by atoms with Gasteiger partial charge in [-0.15, -0.1) is 0 Å². The average molecular weight is 159 g/mol. The van der Waals surface area contributed by atoms with Gasteiger partial charge in [0.1, 0.15) is 0 Å². The van der Waals surface area contributed by atoms with Crippen LogP contribution in [0.2, 0.25) is 0 Å². The Bertz CT molecular complexity index is 349. The van der Waals surface area contributed by atoms with Crippen molar-refractivity contribution in [1.82, 2.24) is 0 Å². The van der Waals surface area contributed by atoms with E-state index in [0.29, 0.717) is 5.70 Å². The molecular weight excluding hydrogens is 150 g/mol. The Morgan fingerprint density at radius 1 is 1.58 bits per heavy atom. The van der Waals surface area contributed by atoms with Crippen LogP contribution in [0, 0.1) is 6.92 Å². The molecule has 60 valence electrons. The number of benzene rings is 1. The Morgan fingerprint density at radius 2 is 2.33 bits per heavy atom. The first-order valence-electron chi connectivity index (χ1n) is 3.55. The maximum absolute atomic E-state index is 8.16. The summed E-state index contributed by atoms with van der Waals surface area (Å²) in [6.07, 6.45) is 0. The molecule has 12 heavy (non-hydrogen) atoms. The summed E-state index contributed by atoms with van der Waals surface area (Å²) in [5, 5.41) is 3.42. The molecule has 0 aliphatic rings. The molecule has 0 heterocycles. The van der Waals surface area contributed by atoms with Crippen LogP contribution in [0.1, 0.15) is 11.1 Å². The fraction of sp³-hybridized carbons (Fsp3) is 0.111. The lowest BCUT2D eigenvalue weighted by atomic mass is 10.1. The van der Waals surface area contributed by atoms with Crippen molar-refractivity contribution in [2.75, 3.05) is 0 Å². The molecule has 1 aromatic carbocycles. The third-order valence-electron chi connectivity index (χ3n) is 1.52. The topological polar surface area (TPSA) is 48.8 Å². The first-order valence-corrected chi connectivity index (χ1v) is 3.55. The lowest BCUT2D eigenvalue weighted by Crippen LogP contribution is -1.79. The molecule has 0 amide bonds. The van der Waals surface area contributed by atoms with Crippen molar-refractivity contribution >= 4 is 5.70 Å². The van der Waals surface area contributed by atoms with Crippen molar-refractivity contribution < 1.29 is 0 Å². The van der Waals surface area contributed by atoms with Crippen LogP contribution in [-0.4, -0.2) is 0 Å². The summed E-state index contributed by atoms with van der Waals surface area (Å²) in [6, 6.07) is 7.68. The molecule has 3 nitrogen and oxygen atoms in total. The second-order valence-corrected chi connectivity index (χ2v) is 2.51. The minimum atomic E-state index is 0.459. The molecule has 1 aromatic rings. The van der Waals surface area contributed by atoms with Gasteiger partial charge in [-0.25, -0.2) is 0 Å². The van der Waals surface area contributed by atoms with Gasteiger partial charge in [0.15, 0.2) is 0 Å². The van der Waals surface area contributed by atoms with Gasteiger partial charge in [-0.1, -0.05) is 41.5 Å². The van der Waals surface area contributed by atoms with E-state index < -0.39 is 0 Å². The molecule has 0 aliphatic carbocycles. The van der Waals surface area contributed by atoms with Gasteiger partial charge in [0.2, 0.25) is 0 Å². The predicted molar refractivity (Wildman–Crippen MR) is 49.4 cm³/mol. The molecule has 0 aliphatic heterocycles. The third kappa shape index (κ3) is 1.87. The van der Waals surface area contributed by atoms with Gasteiger partial charge in [-0.05, 0) is 18.0 Å². The predicted octanol–water partition coefficient (Wildman–Crippen LogP) is 3.28. The van der Waals surface area contributed by atoms with Crippen LogP contribution in [0.4, 0.5) is 0 Å². The summed E-state index contributed by atoms with van der Waals surface area (Å²) in [5.74, 6) is 0. The second-order valence-electron chi connectivity index (χ2n) is 2.51. The summed E-state index contributed by atoms with van der Waals surface area (Å²) in [7, 11) is 0. The number of aryl methyl sites for hydroxylation is 1. The van der Waals surface area contributed by atoms with Gasteiger partial charge >= 0.3 is 0 Å². The molecular formula is C9H9N3. The number of azide groups is 1. The minimum absolute atomic E-state index is 0.459.